The zero-order valence-corrected chi connectivity index (χ0v) is 11.9. The lowest BCUT2D eigenvalue weighted by Gasteiger charge is -2.25. The minimum atomic E-state index is -0.0232. The number of carbonyl (C=O) groups is 1. The molecule has 1 amide bonds. The van der Waals surface area contributed by atoms with Crippen molar-refractivity contribution in [2.24, 2.45) is 0 Å². The third kappa shape index (κ3) is 3.97. The van der Waals surface area contributed by atoms with Crippen molar-refractivity contribution in [2.75, 3.05) is 25.0 Å². The van der Waals surface area contributed by atoms with E-state index in [1.165, 1.54) is 0 Å². The highest BCUT2D eigenvalue weighted by molar-refractivity contribution is 5.86. The van der Waals surface area contributed by atoms with E-state index in [1.54, 1.807) is 0 Å². The Kier molecular flexibility index (Phi) is 5.87. The Bertz CT molecular complexity index is 434. The van der Waals surface area contributed by atoms with Crippen molar-refractivity contribution in [3.05, 3.63) is 29.8 Å². The van der Waals surface area contributed by atoms with Gasteiger partial charge >= 0.3 is 0 Å². The summed E-state index contributed by atoms with van der Waals surface area (Å²) in [4.78, 5) is 12.3. The first-order valence-corrected chi connectivity index (χ1v) is 7.54. The molecule has 1 aromatic carbocycles. The Hall–Kier alpha value is -1.55. The second-order valence-electron chi connectivity index (χ2n) is 5.28. The molecule has 0 spiro atoms. The number of fused-ring (bicyclic) bond motifs is 1. The van der Waals surface area contributed by atoms with Gasteiger partial charge in [0, 0.05) is 25.4 Å². The van der Waals surface area contributed by atoms with Crippen molar-refractivity contribution >= 4 is 11.6 Å². The summed E-state index contributed by atoms with van der Waals surface area (Å²) >= 11 is 0. The molecule has 0 fully saturated rings. The van der Waals surface area contributed by atoms with Crippen LogP contribution < -0.4 is 10.6 Å². The lowest BCUT2D eigenvalue weighted by Crippen LogP contribution is -2.33. The molecule has 1 aliphatic rings. The van der Waals surface area contributed by atoms with Crippen LogP contribution in [0, 0.1) is 0 Å². The molecule has 0 saturated carbocycles. The van der Waals surface area contributed by atoms with Crippen LogP contribution in [0.25, 0.3) is 0 Å². The quantitative estimate of drug-likeness (QED) is 0.669. The molecule has 0 saturated heterocycles. The molecule has 1 aliphatic heterocycles. The van der Waals surface area contributed by atoms with Gasteiger partial charge in [0.1, 0.15) is 0 Å². The van der Waals surface area contributed by atoms with E-state index in [1.807, 2.05) is 24.3 Å². The monoisotopic (exact) mass is 276 g/mol. The van der Waals surface area contributed by atoms with E-state index in [9.17, 15) is 4.79 Å². The van der Waals surface area contributed by atoms with E-state index in [2.05, 4.69) is 10.6 Å². The van der Waals surface area contributed by atoms with E-state index in [4.69, 9.17) is 5.11 Å². The van der Waals surface area contributed by atoms with Gasteiger partial charge in [0.2, 0.25) is 5.91 Å². The van der Waals surface area contributed by atoms with Crippen LogP contribution in [0.2, 0.25) is 0 Å². The van der Waals surface area contributed by atoms with Gasteiger partial charge in [-0.3, -0.25) is 4.79 Å². The lowest BCUT2D eigenvalue weighted by molar-refractivity contribution is -0.122. The Labute approximate surface area is 120 Å². The molecule has 3 N–H and O–H groups in total. The van der Waals surface area contributed by atoms with Crippen molar-refractivity contribution in [3.63, 3.8) is 0 Å². The van der Waals surface area contributed by atoms with Gasteiger partial charge in [-0.1, -0.05) is 31.0 Å². The van der Waals surface area contributed by atoms with Crippen LogP contribution in [0.1, 0.15) is 43.6 Å². The number of carbonyl (C=O) groups excluding carboxylic acids is 1. The van der Waals surface area contributed by atoms with Crippen molar-refractivity contribution in [3.8, 4) is 0 Å². The number of aliphatic hydroxyl groups is 1. The van der Waals surface area contributed by atoms with Gasteiger partial charge in [-0.05, 0) is 30.9 Å². The summed E-state index contributed by atoms with van der Waals surface area (Å²) in [5.74, 6) is 0.117. The second-order valence-corrected chi connectivity index (χ2v) is 5.28. The Morgan fingerprint density at radius 3 is 2.90 bits per heavy atom. The number of unbranched alkanes of at least 4 members (excludes halogenated alkanes) is 3. The molecule has 0 aromatic heterocycles. The molecule has 1 unspecified atom stereocenters. The molecular weight excluding hydrogens is 252 g/mol. The van der Waals surface area contributed by atoms with Crippen molar-refractivity contribution in [1.82, 2.24) is 5.32 Å². The molecule has 0 bridgehead atoms. The van der Waals surface area contributed by atoms with Gasteiger partial charge in [0.05, 0.1) is 5.92 Å². The first kappa shape index (κ1) is 14.9. The van der Waals surface area contributed by atoms with Crippen LogP contribution in [-0.4, -0.2) is 30.7 Å². The van der Waals surface area contributed by atoms with Crippen molar-refractivity contribution in [1.29, 1.82) is 0 Å². The van der Waals surface area contributed by atoms with Crippen molar-refractivity contribution in [2.45, 2.75) is 38.0 Å². The zero-order valence-electron chi connectivity index (χ0n) is 11.9. The van der Waals surface area contributed by atoms with E-state index < -0.39 is 0 Å². The molecule has 1 aromatic rings. The third-order valence-electron chi connectivity index (χ3n) is 3.79. The number of nitrogens with one attached hydrogen (secondary N) is 2. The van der Waals surface area contributed by atoms with E-state index in [0.717, 1.165) is 56.4 Å². The van der Waals surface area contributed by atoms with E-state index in [-0.39, 0.29) is 18.4 Å². The lowest BCUT2D eigenvalue weighted by atomic mass is 9.90. The normalized spacial score (nSPS) is 17.1. The average Bonchev–Trinajstić information content (AvgIpc) is 2.50. The standard InChI is InChI=1S/C16H24N2O2/c19-12-6-2-1-5-10-18-16(20)14-9-11-17-15-8-4-3-7-13(14)15/h3-4,7-8,14,17,19H,1-2,5-6,9-12H2,(H,18,20). The fraction of sp³-hybridized carbons (Fsp3) is 0.562. The summed E-state index contributed by atoms with van der Waals surface area (Å²) in [5.41, 5.74) is 2.19. The van der Waals surface area contributed by atoms with Crippen molar-refractivity contribution < 1.29 is 9.90 Å². The fourth-order valence-electron chi connectivity index (χ4n) is 2.67. The zero-order chi connectivity index (χ0) is 14.2. The Balaban J connectivity index is 1.79. The Morgan fingerprint density at radius 1 is 1.25 bits per heavy atom. The van der Waals surface area contributed by atoms with Crippen LogP contribution in [0.15, 0.2) is 24.3 Å². The third-order valence-corrected chi connectivity index (χ3v) is 3.79. The summed E-state index contributed by atoms with van der Waals surface area (Å²) in [6, 6.07) is 8.05. The fourth-order valence-corrected chi connectivity index (χ4v) is 2.67. The molecule has 1 heterocycles. The van der Waals surface area contributed by atoms with Crippen LogP contribution in [-0.2, 0) is 4.79 Å². The summed E-state index contributed by atoms with van der Waals surface area (Å²) < 4.78 is 0. The van der Waals surface area contributed by atoms with Gasteiger partial charge in [-0.15, -0.1) is 0 Å². The smallest absolute Gasteiger partial charge is 0.227 e. The largest absolute Gasteiger partial charge is 0.396 e. The molecule has 20 heavy (non-hydrogen) atoms. The average molecular weight is 276 g/mol. The molecule has 4 heteroatoms. The van der Waals surface area contributed by atoms with Gasteiger partial charge in [-0.25, -0.2) is 0 Å². The molecule has 2 rings (SSSR count). The summed E-state index contributed by atoms with van der Waals surface area (Å²) in [7, 11) is 0. The van der Waals surface area contributed by atoms with Gasteiger partial charge in [-0.2, -0.15) is 0 Å². The predicted molar refractivity (Wildman–Crippen MR) is 80.9 cm³/mol. The summed E-state index contributed by atoms with van der Waals surface area (Å²) in [5, 5.41) is 15.1. The maximum atomic E-state index is 12.3. The highest BCUT2D eigenvalue weighted by atomic mass is 16.2. The first-order valence-electron chi connectivity index (χ1n) is 7.54. The molecule has 1 atom stereocenters. The summed E-state index contributed by atoms with van der Waals surface area (Å²) in [6.45, 7) is 1.85. The van der Waals surface area contributed by atoms with Crippen LogP contribution in [0.3, 0.4) is 0 Å². The van der Waals surface area contributed by atoms with Gasteiger partial charge in [0.15, 0.2) is 0 Å². The number of benzene rings is 1. The minimum absolute atomic E-state index is 0.0232. The first-order chi connectivity index (χ1) is 9.83. The number of hydrogen-bond donors (Lipinski definition) is 3. The predicted octanol–water partition coefficient (Wildman–Crippen LogP) is 2.25. The number of amides is 1. The van der Waals surface area contributed by atoms with Crippen LogP contribution in [0.4, 0.5) is 5.69 Å². The maximum Gasteiger partial charge on any atom is 0.227 e. The molecule has 110 valence electrons. The Morgan fingerprint density at radius 2 is 2.05 bits per heavy atom. The number of rotatable bonds is 7. The SMILES string of the molecule is O=C(NCCCCCCO)C1CCNc2ccccc21. The maximum absolute atomic E-state index is 12.3. The van der Waals surface area contributed by atoms with Crippen LogP contribution >= 0.6 is 0 Å². The van der Waals surface area contributed by atoms with Gasteiger partial charge in [0.25, 0.3) is 0 Å². The van der Waals surface area contributed by atoms with E-state index >= 15 is 0 Å². The molecule has 0 radical (unpaired) electrons. The summed E-state index contributed by atoms with van der Waals surface area (Å²) in [6.07, 6.45) is 4.79. The highest BCUT2D eigenvalue weighted by Crippen LogP contribution is 2.31. The second kappa shape index (κ2) is 7.90. The number of aliphatic hydroxyl groups excluding tert-OH is 1. The molecule has 0 aliphatic carbocycles. The number of para-hydroxylation sites is 1. The van der Waals surface area contributed by atoms with Crippen LogP contribution in [0.5, 0.6) is 0 Å². The highest BCUT2D eigenvalue weighted by Gasteiger charge is 2.25. The topological polar surface area (TPSA) is 61.4 Å². The number of anilines is 1. The molecular formula is C16H24N2O2. The minimum Gasteiger partial charge on any atom is -0.396 e. The molecule has 4 nitrogen and oxygen atoms in total. The van der Waals surface area contributed by atoms with E-state index in [0.29, 0.717) is 0 Å². The van der Waals surface area contributed by atoms with Gasteiger partial charge < -0.3 is 15.7 Å². The number of hydrogen-bond acceptors (Lipinski definition) is 3.